The average Bonchev–Trinajstić information content (AvgIpc) is 1.97. The minimum atomic E-state index is -1.08. The van der Waals surface area contributed by atoms with E-state index in [0.29, 0.717) is 6.54 Å². The maximum Gasteiger partial charge on any atom is 0.421 e. The van der Waals surface area contributed by atoms with Gasteiger partial charge in [-0.1, -0.05) is 6.08 Å². The quantitative estimate of drug-likeness (QED) is 0.208. The third kappa shape index (κ3) is 5.42. The molecule has 0 atom stereocenters. The first-order chi connectivity index (χ1) is 5.18. The topological polar surface area (TPSA) is 66.6 Å². The third-order valence-electron chi connectivity index (χ3n) is 1.30. The lowest BCUT2D eigenvalue weighted by Gasteiger charge is -2.10. The Kier molecular flexibility index (Phi) is 5.20. The van der Waals surface area contributed by atoms with Crippen molar-refractivity contribution >= 4 is 6.09 Å². The molecule has 4 nitrogen and oxygen atoms in total. The highest BCUT2D eigenvalue weighted by Crippen LogP contribution is 1.96. The second kappa shape index (κ2) is 5.73. The number of carboxylic acid groups (broad SMARTS) is 1. The molecule has 0 saturated carbocycles. The molecule has 1 amide bonds. The molecule has 3 N–H and O–H groups in total. The van der Waals surface area contributed by atoms with Crippen molar-refractivity contribution in [3.05, 3.63) is 12.7 Å². The summed E-state index contributed by atoms with van der Waals surface area (Å²) < 4.78 is 0. The molecule has 4 heteroatoms. The van der Waals surface area contributed by atoms with Crippen molar-refractivity contribution in [2.24, 2.45) is 5.84 Å². The monoisotopic (exact) mass is 158 g/mol. The molecule has 0 bridgehead atoms. The molecule has 0 saturated heterocycles. The highest BCUT2D eigenvalue weighted by molar-refractivity contribution is 5.63. The molecule has 64 valence electrons. The smallest absolute Gasteiger partial charge is 0.421 e. The van der Waals surface area contributed by atoms with E-state index in [4.69, 9.17) is 10.9 Å². The number of amides is 1. The van der Waals surface area contributed by atoms with Crippen molar-refractivity contribution in [3.8, 4) is 0 Å². The van der Waals surface area contributed by atoms with Crippen molar-refractivity contribution < 1.29 is 9.90 Å². The minimum Gasteiger partial charge on any atom is -0.464 e. The van der Waals surface area contributed by atoms with Crippen LogP contribution in [0.1, 0.15) is 19.3 Å². The largest absolute Gasteiger partial charge is 0.464 e. The van der Waals surface area contributed by atoms with E-state index in [9.17, 15) is 4.79 Å². The molecule has 0 aliphatic heterocycles. The van der Waals surface area contributed by atoms with E-state index in [-0.39, 0.29) is 0 Å². The molecule has 0 spiro atoms. The number of hydrogen-bond acceptors (Lipinski definition) is 2. The number of hydrogen-bond donors (Lipinski definition) is 2. The molecule has 0 aliphatic rings. The molecule has 0 unspecified atom stereocenters. The maximum absolute atomic E-state index is 10.1. The van der Waals surface area contributed by atoms with Crippen LogP contribution in [0.5, 0.6) is 0 Å². The molecular formula is C7H14N2O2. The molecule has 11 heavy (non-hydrogen) atoms. The fourth-order valence-electron chi connectivity index (χ4n) is 0.666. The second-order valence-corrected chi connectivity index (χ2v) is 2.26. The van der Waals surface area contributed by atoms with Crippen LogP contribution >= 0.6 is 0 Å². The van der Waals surface area contributed by atoms with Gasteiger partial charge < -0.3 is 5.11 Å². The van der Waals surface area contributed by atoms with Gasteiger partial charge in [0.25, 0.3) is 0 Å². The third-order valence-corrected chi connectivity index (χ3v) is 1.30. The second-order valence-electron chi connectivity index (χ2n) is 2.26. The van der Waals surface area contributed by atoms with Crippen molar-refractivity contribution in [1.29, 1.82) is 0 Å². The minimum absolute atomic E-state index is 0.392. The predicted octanol–water partition coefficient (Wildman–Crippen LogP) is 1.20. The fraction of sp³-hybridized carbons (Fsp3) is 0.571. The molecule has 0 aromatic heterocycles. The molecular weight excluding hydrogens is 144 g/mol. The zero-order valence-electron chi connectivity index (χ0n) is 6.49. The van der Waals surface area contributed by atoms with Crippen LogP contribution in [0.15, 0.2) is 12.7 Å². The number of carbonyl (C=O) groups is 1. The summed E-state index contributed by atoms with van der Waals surface area (Å²) in [5.41, 5.74) is 0. The molecule has 0 aromatic carbocycles. The van der Waals surface area contributed by atoms with Gasteiger partial charge in [-0.2, -0.15) is 0 Å². The van der Waals surface area contributed by atoms with Gasteiger partial charge in [0, 0.05) is 6.54 Å². The first-order valence-electron chi connectivity index (χ1n) is 3.54. The van der Waals surface area contributed by atoms with Crippen LogP contribution in [0, 0.1) is 0 Å². The maximum atomic E-state index is 10.1. The Bertz CT molecular complexity index is 136. The van der Waals surface area contributed by atoms with Crippen LogP contribution in [0.2, 0.25) is 0 Å². The van der Waals surface area contributed by atoms with E-state index in [1.165, 1.54) is 0 Å². The number of nitrogens with two attached hydrogens (primary N) is 1. The van der Waals surface area contributed by atoms with E-state index in [0.717, 1.165) is 24.3 Å². The first-order valence-corrected chi connectivity index (χ1v) is 3.54. The Morgan fingerprint density at radius 3 is 2.73 bits per heavy atom. The molecule has 0 radical (unpaired) electrons. The summed E-state index contributed by atoms with van der Waals surface area (Å²) >= 11 is 0. The van der Waals surface area contributed by atoms with Crippen LogP contribution < -0.4 is 5.84 Å². The summed E-state index contributed by atoms with van der Waals surface area (Å²) in [7, 11) is 0. The zero-order chi connectivity index (χ0) is 8.69. The highest BCUT2D eigenvalue weighted by atomic mass is 16.4. The molecule has 0 fully saturated rings. The fourth-order valence-corrected chi connectivity index (χ4v) is 0.666. The Morgan fingerprint density at radius 1 is 1.64 bits per heavy atom. The summed E-state index contributed by atoms with van der Waals surface area (Å²) in [6.45, 7) is 3.94. The lowest BCUT2D eigenvalue weighted by molar-refractivity contribution is 0.145. The average molecular weight is 158 g/mol. The van der Waals surface area contributed by atoms with E-state index in [1.54, 1.807) is 0 Å². The molecule has 0 aromatic rings. The summed E-state index contributed by atoms with van der Waals surface area (Å²) in [5.74, 6) is 5.11. The van der Waals surface area contributed by atoms with Gasteiger partial charge in [-0.15, -0.1) is 6.58 Å². The van der Waals surface area contributed by atoms with Gasteiger partial charge in [0.2, 0.25) is 0 Å². The first kappa shape index (κ1) is 9.97. The van der Waals surface area contributed by atoms with Gasteiger partial charge in [0.05, 0.1) is 0 Å². The summed E-state index contributed by atoms with van der Waals surface area (Å²) in [6.07, 6.45) is 3.36. The zero-order valence-corrected chi connectivity index (χ0v) is 6.49. The Balaban J connectivity index is 3.24. The van der Waals surface area contributed by atoms with E-state index in [2.05, 4.69) is 6.58 Å². The van der Waals surface area contributed by atoms with Crippen LogP contribution in [0.25, 0.3) is 0 Å². The van der Waals surface area contributed by atoms with Crippen LogP contribution in [-0.4, -0.2) is 22.8 Å². The van der Waals surface area contributed by atoms with Gasteiger partial charge in [-0.3, -0.25) is 0 Å². The van der Waals surface area contributed by atoms with Crippen molar-refractivity contribution in [1.82, 2.24) is 5.01 Å². The van der Waals surface area contributed by atoms with Gasteiger partial charge in [-0.25, -0.2) is 15.6 Å². The van der Waals surface area contributed by atoms with Crippen LogP contribution in [-0.2, 0) is 0 Å². The Morgan fingerprint density at radius 2 is 2.27 bits per heavy atom. The predicted molar refractivity (Wildman–Crippen MR) is 43.0 cm³/mol. The van der Waals surface area contributed by atoms with Crippen LogP contribution in [0.4, 0.5) is 4.79 Å². The van der Waals surface area contributed by atoms with Gasteiger partial charge >= 0.3 is 6.09 Å². The SMILES string of the molecule is C=CCCCCN(N)C(=O)O. The van der Waals surface area contributed by atoms with Crippen molar-refractivity contribution in [2.45, 2.75) is 19.3 Å². The highest BCUT2D eigenvalue weighted by Gasteiger charge is 2.03. The molecule has 0 aliphatic carbocycles. The molecule has 0 heterocycles. The van der Waals surface area contributed by atoms with E-state index < -0.39 is 6.09 Å². The van der Waals surface area contributed by atoms with E-state index in [1.807, 2.05) is 6.08 Å². The number of rotatable bonds is 5. The number of nitrogens with zero attached hydrogens (tertiary/aromatic N) is 1. The summed E-state index contributed by atoms with van der Waals surface area (Å²) in [4.78, 5) is 10.1. The summed E-state index contributed by atoms with van der Waals surface area (Å²) in [5, 5.41) is 9.11. The van der Waals surface area contributed by atoms with Gasteiger partial charge in [0.1, 0.15) is 0 Å². The van der Waals surface area contributed by atoms with Crippen molar-refractivity contribution in [3.63, 3.8) is 0 Å². The van der Waals surface area contributed by atoms with Crippen molar-refractivity contribution in [2.75, 3.05) is 6.54 Å². The number of unbranched alkanes of at least 4 members (excludes halogenated alkanes) is 2. The standard InChI is InChI=1S/C7H14N2O2/c1-2-3-4-5-6-9(8)7(10)11/h2H,1,3-6,8H2,(H,10,11). The number of allylic oxidation sites excluding steroid dienone is 1. The lowest BCUT2D eigenvalue weighted by Crippen LogP contribution is -2.36. The van der Waals surface area contributed by atoms with Gasteiger partial charge in [0.15, 0.2) is 0 Å². The summed E-state index contributed by atoms with van der Waals surface area (Å²) in [6, 6.07) is 0. The Labute approximate surface area is 66.3 Å². The van der Waals surface area contributed by atoms with E-state index >= 15 is 0 Å². The Hall–Kier alpha value is -1.03. The lowest BCUT2D eigenvalue weighted by atomic mass is 10.2. The normalized spacial score (nSPS) is 9.18. The van der Waals surface area contributed by atoms with Gasteiger partial charge in [-0.05, 0) is 19.3 Å². The molecule has 0 rings (SSSR count). The van der Waals surface area contributed by atoms with Crippen LogP contribution in [0.3, 0.4) is 0 Å². The number of hydrazine groups is 1.